The molecule has 0 amide bonds. The van der Waals surface area contributed by atoms with E-state index in [4.69, 9.17) is 14.2 Å². The highest BCUT2D eigenvalue weighted by molar-refractivity contribution is 5.87. The van der Waals surface area contributed by atoms with E-state index in [0.29, 0.717) is 11.1 Å². The zero-order chi connectivity index (χ0) is 28.9. The lowest BCUT2D eigenvalue weighted by Crippen LogP contribution is -2.60. The van der Waals surface area contributed by atoms with E-state index in [0.717, 1.165) is 6.08 Å². The first-order valence-electron chi connectivity index (χ1n) is 11.7. The topological polar surface area (TPSA) is 224 Å². The third-order valence-electron chi connectivity index (χ3n) is 6.17. The second-order valence-corrected chi connectivity index (χ2v) is 9.35. The number of carboxylic acid groups (broad SMARTS) is 1. The fourth-order valence-corrected chi connectivity index (χ4v) is 3.79. The van der Waals surface area contributed by atoms with Crippen LogP contribution < -0.4 is 4.74 Å². The molecule has 1 heterocycles. The van der Waals surface area contributed by atoms with Gasteiger partial charge in [0.25, 0.3) is 0 Å². The Morgan fingerprint density at radius 1 is 0.974 bits per heavy atom. The zero-order valence-electron chi connectivity index (χ0n) is 20.7. The number of carbonyl (C=O) groups is 2. The molecular formula is C26H30O13. The van der Waals surface area contributed by atoms with E-state index in [9.17, 15) is 50.4 Å². The standard InChI is InChI=1S/C26H30O13/c1-26(25(35)36,10-14-2-5-15(28)16(29)9-14)12-37-20(31)7-4-13-3-6-18(17(30)8-13)38-24-23(34)22(33)21(32)19(11-27)39-24/h2-9,19,21-24,27-30,32-34H,10-12H2,1H3,(H,35,36)/b7-4+/t19?,21?,22?,23?,24?,26-/m0/s1. The Labute approximate surface area is 222 Å². The van der Waals surface area contributed by atoms with Crippen LogP contribution in [-0.4, -0.2) is 96.7 Å². The first kappa shape index (κ1) is 29.7. The van der Waals surface area contributed by atoms with Gasteiger partial charge in [-0.2, -0.15) is 0 Å². The minimum atomic E-state index is -1.67. The molecule has 5 unspecified atom stereocenters. The number of aromatic hydroxyl groups is 3. The number of ether oxygens (including phenoxy) is 3. The molecule has 0 aliphatic carbocycles. The van der Waals surface area contributed by atoms with Gasteiger partial charge in [-0.1, -0.05) is 12.1 Å². The van der Waals surface area contributed by atoms with Crippen molar-refractivity contribution in [2.45, 2.75) is 44.1 Å². The zero-order valence-corrected chi connectivity index (χ0v) is 20.7. The van der Waals surface area contributed by atoms with Crippen molar-refractivity contribution in [2.75, 3.05) is 13.2 Å². The Morgan fingerprint density at radius 2 is 1.69 bits per heavy atom. The minimum absolute atomic E-state index is 0.100. The summed E-state index contributed by atoms with van der Waals surface area (Å²) in [7, 11) is 0. The van der Waals surface area contributed by atoms with Crippen LogP contribution in [0.3, 0.4) is 0 Å². The number of carbonyl (C=O) groups excluding carboxylic acids is 1. The number of benzene rings is 2. The highest BCUT2D eigenvalue weighted by Gasteiger charge is 2.45. The average molecular weight is 551 g/mol. The number of phenols is 3. The van der Waals surface area contributed by atoms with Crippen LogP contribution in [0.15, 0.2) is 42.5 Å². The highest BCUT2D eigenvalue weighted by Crippen LogP contribution is 2.32. The van der Waals surface area contributed by atoms with Crippen molar-refractivity contribution in [2.24, 2.45) is 5.41 Å². The van der Waals surface area contributed by atoms with Gasteiger partial charge in [-0.3, -0.25) is 4.79 Å². The molecule has 39 heavy (non-hydrogen) atoms. The van der Waals surface area contributed by atoms with Gasteiger partial charge in [0.15, 0.2) is 23.0 Å². The smallest absolute Gasteiger partial charge is 0.330 e. The summed E-state index contributed by atoms with van der Waals surface area (Å²) in [4.78, 5) is 24.1. The molecule has 8 N–H and O–H groups in total. The van der Waals surface area contributed by atoms with Crippen LogP contribution in [-0.2, 0) is 25.5 Å². The van der Waals surface area contributed by atoms with Gasteiger partial charge in [-0.05, 0) is 54.8 Å². The van der Waals surface area contributed by atoms with Crippen molar-refractivity contribution in [3.8, 4) is 23.0 Å². The number of carboxylic acids is 1. The van der Waals surface area contributed by atoms with Gasteiger partial charge < -0.3 is 55.1 Å². The Kier molecular flexibility index (Phi) is 9.37. The molecule has 2 aromatic rings. The van der Waals surface area contributed by atoms with Crippen molar-refractivity contribution < 1.29 is 64.7 Å². The lowest BCUT2D eigenvalue weighted by atomic mass is 9.84. The molecule has 1 aliphatic heterocycles. The molecule has 13 nitrogen and oxygen atoms in total. The molecule has 3 rings (SSSR count). The molecule has 0 radical (unpaired) electrons. The van der Waals surface area contributed by atoms with Crippen molar-refractivity contribution in [3.63, 3.8) is 0 Å². The van der Waals surface area contributed by atoms with Crippen LogP contribution in [0.5, 0.6) is 23.0 Å². The van der Waals surface area contributed by atoms with Crippen molar-refractivity contribution in [1.29, 1.82) is 0 Å². The molecule has 0 bridgehead atoms. The van der Waals surface area contributed by atoms with Crippen LogP contribution in [0.4, 0.5) is 0 Å². The van der Waals surface area contributed by atoms with Gasteiger partial charge in [0.2, 0.25) is 6.29 Å². The predicted molar refractivity (Wildman–Crippen MR) is 132 cm³/mol. The predicted octanol–water partition coefficient (Wildman–Crippen LogP) is -0.128. The SMILES string of the molecule is C[C@@](COC(=O)/C=C/c1ccc(OC2OC(CO)C(O)C(O)C2O)c(O)c1)(Cc1ccc(O)c(O)c1)C(=O)O. The molecule has 13 heteroatoms. The number of rotatable bonds is 10. The first-order chi connectivity index (χ1) is 18.3. The number of phenolic OH excluding ortho intramolecular Hbond substituents is 3. The van der Waals surface area contributed by atoms with Gasteiger partial charge in [0.1, 0.15) is 36.4 Å². The van der Waals surface area contributed by atoms with E-state index >= 15 is 0 Å². The number of aliphatic carboxylic acids is 1. The summed E-state index contributed by atoms with van der Waals surface area (Å²) in [6.07, 6.45) is -5.40. The van der Waals surface area contributed by atoms with E-state index in [2.05, 4.69) is 0 Å². The number of hydrogen-bond donors (Lipinski definition) is 8. The number of aliphatic hydroxyl groups excluding tert-OH is 4. The van der Waals surface area contributed by atoms with E-state index < -0.39 is 72.8 Å². The Morgan fingerprint density at radius 3 is 2.31 bits per heavy atom. The summed E-state index contributed by atoms with van der Waals surface area (Å²) in [5.74, 6) is -3.45. The second kappa shape index (κ2) is 12.3. The minimum Gasteiger partial charge on any atom is -0.504 e. The van der Waals surface area contributed by atoms with Crippen LogP contribution in [0.1, 0.15) is 18.1 Å². The van der Waals surface area contributed by atoms with Crippen LogP contribution in [0.2, 0.25) is 0 Å². The quantitative estimate of drug-likeness (QED) is 0.110. The molecule has 6 atom stereocenters. The van der Waals surface area contributed by atoms with E-state index in [1.54, 1.807) is 0 Å². The first-order valence-corrected chi connectivity index (χ1v) is 11.7. The van der Waals surface area contributed by atoms with E-state index in [1.165, 1.54) is 49.4 Å². The number of esters is 1. The summed E-state index contributed by atoms with van der Waals surface area (Å²) in [6, 6.07) is 7.81. The number of hydrogen-bond acceptors (Lipinski definition) is 12. The maximum atomic E-state index is 12.2. The van der Waals surface area contributed by atoms with Crippen LogP contribution >= 0.6 is 0 Å². The molecule has 212 valence electrons. The Bertz CT molecular complexity index is 1210. The van der Waals surface area contributed by atoms with Gasteiger partial charge in [-0.25, -0.2) is 4.79 Å². The molecule has 0 saturated carbocycles. The monoisotopic (exact) mass is 550 g/mol. The van der Waals surface area contributed by atoms with E-state index in [-0.39, 0.29) is 17.9 Å². The summed E-state index contributed by atoms with van der Waals surface area (Å²) < 4.78 is 15.7. The normalized spacial score (nSPS) is 24.7. The molecule has 1 aliphatic rings. The third-order valence-corrected chi connectivity index (χ3v) is 6.17. The maximum Gasteiger partial charge on any atom is 0.330 e. The van der Waals surface area contributed by atoms with Crippen molar-refractivity contribution >= 4 is 18.0 Å². The van der Waals surface area contributed by atoms with Gasteiger partial charge in [0, 0.05) is 6.08 Å². The Balaban J connectivity index is 1.61. The molecule has 1 saturated heterocycles. The molecule has 1 fully saturated rings. The summed E-state index contributed by atoms with van der Waals surface area (Å²) in [6.45, 7) is 0.218. The summed E-state index contributed by atoms with van der Waals surface area (Å²) >= 11 is 0. The van der Waals surface area contributed by atoms with Crippen LogP contribution in [0, 0.1) is 5.41 Å². The lowest BCUT2D eigenvalue weighted by molar-refractivity contribution is -0.277. The summed E-state index contributed by atoms with van der Waals surface area (Å²) in [5, 5.41) is 78.1. The van der Waals surface area contributed by atoms with Gasteiger partial charge in [0.05, 0.1) is 6.61 Å². The number of aliphatic hydroxyl groups is 4. The fraction of sp³-hybridized carbons (Fsp3) is 0.385. The molecule has 0 spiro atoms. The van der Waals surface area contributed by atoms with Gasteiger partial charge >= 0.3 is 11.9 Å². The largest absolute Gasteiger partial charge is 0.504 e. The third kappa shape index (κ3) is 7.16. The molecule has 0 aromatic heterocycles. The van der Waals surface area contributed by atoms with Crippen molar-refractivity contribution in [3.05, 3.63) is 53.6 Å². The average Bonchev–Trinajstić information content (AvgIpc) is 2.89. The van der Waals surface area contributed by atoms with Crippen molar-refractivity contribution in [1.82, 2.24) is 0 Å². The summed E-state index contributed by atoms with van der Waals surface area (Å²) in [5.41, 5.74) is -0.802. The maximum absolute atomic E-state index is 12.2. The molecule has 2 aromatic carbocycles. The van der Waals surface area contributed by atoms with E-state index in [1.807, 2.05) is 0 Å². The Hall–Kier alpha value is -3.88. The molecular weight excluding hydrogens is 520 g/mol. The highest BCUT2D eigenvalue weighted by atomic mass is 16.7. The van der Waals surface area contributed by atoms with Gasteiger partial charge in [-0.15, -0.1) is 0 Å². The van der Waals surface area contributed by atoms with Crippen LogP contribution in [0.25, 0.3) is 6.08 Å². The second-order valence-electron chi connectivity index (χ2n) is 9.35. The lowest BCUT2D eigenvalue weighted by Gasteiger charge is -2.39. The fourth-order valence-electron chi connectivity index (χ4n) is 3.79.